The Hall–Kier alpha value is -1.87. The van der Waals surface area contributed by atoms with E-state index in [2.05, 4.69) is 47.2 Å². The quantitative estimate of drug-likeness (QED) is 0.605. The SMILES string of the molecule is CC(=CC(=O)c1ccc(Br)cc1)Nc1ccc(C)cc1C. The molecule has 0 heterocycles. The molecular formula is C18H18BrNO. The Kier molecular flexibility index (Phi) is 4.97. The van der Waals surface area contributed by atoms with Gasteiger partial charge in [-0.15, -0.1) is 0 Å². The van der Waals surface area contributed by atoms with Gasteiger partial charge in [0.1, 0.15) is 0 Å². The molecule has 3 heteroatoms. The molecule has 0 radical (unpaired) electrons. The second-order valence-electron chi connectivity index (χ2n) is 5.14. The largest absolute Gasteiger partial charge is 0.359 e. The number of ketones is 1. The average Bonchev–Trinajstić information content (AvgIpc) is 2.42. The van der Waals surface area contributed by atoms with Crippen LogP contribution in [0.4, 0.5) is 5.69 Å². The summed E-state index contributed by atoms with van der Waals surface area (Å²) in [6.07, 6.45) is 1.63. The molecular weight excluding hydrogens is 326 g/mol. The molecule has 0 bridgehead atoms. The van der Waals surface area contributed by atoms with Crippen LogP contribution in [-0.2, 0) is 0 Å². The van der Waals surface area contributed by atoms with Crippen molar-refractivity contribution in [2.24, 2.45) is 0 Å². The Bertz CT molecular complexity index is 687. The van der Waals surface area contributed by atoms with Crippen LogP contribution < -0.4 is 5.32 Å². The minimum absolute atomic E-state index is 0.00253. The molecule has 2 nitrogen and oxygen atoms in total. The molecule has 0 aliphatic rings. The van der Waals surface area contributed by atoms with Crippen LogP contribution in [-0.4, -0.2) is 5.78 Å². The van der Waals surface area contributed by atoms with E-state index in [-0.39, 0.29) is 5.78 Å². The average molecular weight is 344 g/mol. The van der Waals surface area contributed by atoms with Crippen LogP contribution in [0.2, 0.25) is 0 Å². The summed E-state index contributed by atoms with van der Waals surface area (Å²) < 4.78 is 0.966. The maximum Gasteiger partial charge on any atom is 0.187 e. The lowest BCUT2D eigenvalue weighted by atomic mass is 10.1. The molecule has 0 fully saturated rings. The van der Waals surface area contributed by atoms with Crippen LogP contribution in [0.5, 0.6) is 0 Å². The third-order valence-corrected chi connectivity index (χ3v) is 3.72. The van der Waals surface area contributed by atoms with Crippen molar-refractivity contribution in [2.45, 2.75) is 20.8 Å². The maximum absolute atomic E-state index is 12.2. The van der Waals surface area contributed by atoms with Gasteiger partial charge in [0.2, 0.25) is 0 Å². The summed E-state index contributed by atoms with van der Waals surface area (Å²) in [5, 5.41) is 3.28. The zero-order valence-electron chi connectivity index (χ0n) is 12.4. The van der Waals surface area contributed by atoms with E-state index >= 15 is 0 Å². The summed E-state index contributed by atoms with van der Waals surface area (Å²) in [5.41, 5.74) is 4.93. The van der Waals surface area contributed by atoms with Crippen molar-refractivity contribution in [1.29, 1.82) is 0 Å². The van der Waals surface area contributed by atoms with Gasteiger partial charge in [0, 0.05) is 27.5 Å². The lowest BCUT2D eigenvalue weighted by Gasteiger charge is -2.10. The van der Waals surface area contributed by atoms with Crippen LogP contribution in [0.25, 0.3) is 0 Å². The third kappa shape index (κ3) is 4.30. The van der Waals surface area contributed by atoms with Crippen LogP contribution in [0, 0.1) is 13.8 Å². The highest BCUT2D eigenvalue weighted by molar-refractivity contribution is 9.10. The van der Waals surface area contributed by atoms with Crippen LogP contribution in [0.15, 0.2) is 58.7 Å². The second kappa shape index (κ2) is 6.72. The monoisotopic (exact) mass is 343 g/mol. The number of carbonyl (C=O) groups is 1. The van der Waals surface area contributed by atoms with Gasteiger partial charge in [-0.3, -0.25) is 4.79 Å². The molecule has 2 aromatic carbocycles. The molecule has 1 N–H and O–H groups in total. The van der Waals surface area contributed by atoms with Crippen molar-refractivity contribution in [3.8, 4) is 0 Å². The number of nitrogens with one attached hydrogen (secondary N) is 1. The normalized spacial score (nSPS) is 11.3. The molecule has 2 rings (SSSR count). The first-order valence-corrected chi connectivity index (χ1v) is 7.57. The molecule has 108 valence electrons. The second-order valence-corrected chi connectivity index (χ2v) is 6.06. The molecule has 0 saturated carbocycles. The molecule has 21 heavy (non-hydrogen) atoms. The van der Waals surface area contributed by atoms with Crippen molar-refractivity contribution in [3.05, 3.63) is 75.4 Å². The molecule has 0 aliphatic heterocycles. The number of anilines is 1. The number of rotatable bonds is 4. The lowest BCUT2D eigenvalue weighted by Crippen LogP contribution is -2.02. The summed E-state index contributed by atoms with van der Waals surface area (Å²) >= 11 is 3.36. The Morgan fingerprint density at radius 3 is 2.38 bits per heavy atom. The Morgan fingerprint density at radius 1 is 1.10 bits per heavy atom. The van der Waals surface area contributed by atoms with Gasteiger partial charge in [0.15, 0.2) is 5.78 Å². The lowest BCUT2D eigenvalue weighted by molar-refractivity contribution is 0.104. The van der Waals surface area contributed by atoms with Gasteiger partial charge in [0.25, 0.3) is 0 Å². The van der Waals surface area contributed by atoms with Gasteiger partial charge in [0.05, 0.1) is 0 Å². The molecule has 0 aliphatic carbocycles. The number of hydrogen-bond acceptors (Lipinski definition) is 2. The molecule has 0 aromatic heterocycles. The van der Waals surface area contributed by atoms with Crippen LogP contribution >= 0.6 is 15.9 Å². The molecule has 2 aromatic rings. The zero-order valence-corrected chi connectivity index (χ0v) is 14.0. The number of benzene rings is 2. The summed E-state index contributed by atoms with van der Waals surface area (Å²) in [4.78, 5) is 12.2. The minimum atomic E-state index is -0.00253. The highest BCUT2D eigenvalue weighted by atomic mass is 79.9. The van der Waals surface area contributed by atoms with Crippen molar-refractivity contribution >= 4 is 27.4 Å². The first kappa shape index (κ1) is 15.5. The van der Waals surface area contributed by atoms with E-state index in [0.717, 1.165) is 15.9 Å². The standard InChI is InChI=1S/C18H18BrNO/c1-12-4-9-17(13(2)10-12)20-14(3)11-18(21)15-5-7-16(19)8-6-15/h4-11,20H,1-3H3. The summed E-state index contributed by atoms with van der Waals surface area (Å²) in [7, 11) is 0. The summed E-state index contributed by atoms with van der Waals surface area (Å²) in [6, 6.07) is 13.6. The van der Waals surface area contributed by atoms with E-state index in [0.29, 0.717) is 5.56 Å². The van der Waals surface area contributed by atoms with Gasteiger partial charge in [-0.05, 0) is 56.7 Å². The maximum atomic E-state index is 12.2. The number of hydrogen-bond donors (Lipinski definition) is 1. The number of aryl methyl sites for hydroxylation is 2. The van der Waals surface area contributed by atoms with Crippen molar-refractivity contribution < 1.29 is 4.79 Å². The number of carbonyl (C=O) groups excluding carboxylic acids is 1. The van der Waals surface area contributed by atoms with Gasteiger partial charge < -0.3 is 5.32 Å². The highest BCUT2D eigenvalue weighted by Crippen LogP contribution is 2.18. The minimum Gasteiger partial charge on any atom is -0.359 e. The third-order valence-electron chi connectivity index (χ3n) is 3.19. The van der Waals surface area contributed by atoms with Gasteiger partial charge in [-0.25, -0.2) is 0 Å². The van der Waals surface area contributed by atoms with Crippen LogP contribution in [0.3, 0.4) is 0 Å². The number of halogens is 1. The molecule has 0 spiro atoms. The van der Waals surface area contributed by atoms with Gasteiger partial charge in [-0.1, -0.05) is 33.6 Å². The predicted octanol–water partition coefficient (Wildman–Crippen LogP) is 5.26. The molecule has 0 saturated heterocycles. The van der Waals surface area contributed by atoms with Crippen molar-refractivity contribution in [1.82, 2.24) is 0 Å². The first-order valence-electron chi connectivity index (χ1n) is 6.78. The van der Waals surface area contributed by atoms with Crippen molar-refractivity contribution in [3.63, 3.8) is 0 Å². The fraction of sp³-hybridized carbons (Fsp3) is 0.167. The van der Waals surface area contributed by atoms with E-state index < -0.39 is 0 Å². The fourth-order valence-corrected chi connectivity index (χ4v) is 2.36. The number of allylic oxidation sites excluding steroid dienone is 2. The Labute approximate surface area is 134 Å². The smallest absolute Gasteiger partial charge is 0.187 e. The van der Waals surface area contributed by atoms with E-state index in [1.165, 1.54) is 11.1 Å². The molecule has 0 amide bonds. The summed E-state index contributed by atoms with van der Waals surface area (Å²) in [6.45, 7) is 6.02. The highest BCUT2D eigenvalue weighted by Gasteiger charge is 2.04. The Balaban J connectivity index is 2.13. The molecule has 0 atom stereocenters. The van der Waals surface area contributed by atoms with E-state index in [9.17, 15) is 4.79 Å². The van der Waals surface area contributed by atoms with Gasteiger partial charge in [-0.2, -0.15) is 0 Å². The fourth-order valence-electron chi connectivity index (χ4n) is 2.10. The summed E-state index contributed by atoms with van der Waals surface area (Å²) in [5.74, 6) is -0.00253. The van der Waals surface area contributed by atoms with Gasteiger partial charge >= 0.3 is 0 Å². The van der Waals surface area contributed by atoms with E-state index in [4.69, 9.17) is 0 Å². The van der Waals surface area contributed by atoms with Crippen molar-refractivity contribution in [2.75, 3.05) is 5.32 Å². The van der Waals surface area contributed by atoms with E-state index in [1.54, 1.807) is 6.08 Å². The molecule has 0 unspecified atom stereocenters. The van der Waals surface area contributed by atoms with E-state index in [1.807, 2.05) is 37.3 Å². The first-order chi connectivity index (χ1) is 9.95. The predicted molar refractivity (Wildman–Crippen MR) is 91.8 cm³/mol. The van der Waals surface area contributed by atoms with Crippen LogP contribution in [0.1, 0.15) is 28.4 Å². The topological polar surface area (TPSA) is 29.1 Å². The zero-order chi connectivity index (χ0) is 15.4. The Morgan fingerprint density at radius 2 is 1.76 bits per heavy atom.